The van der Waals surface area contributed by atoms with Crippen molar-refractivity contribution < 1.29 is 9.90 Å². The lowest BCUT2D eigenvalue weighted by atomic mass is 9.92. The molecule has 3 atom stereocenters. The largest absolute Gasteiger partial charge is 0.391 e. The molecule has 2 N–H and O–H groups in total. The Morgan fingerprint density at radius 1 is 1.35 bits per heavy atom. The topological polar surface area (TPSA) is 49.3 Å². The Morgan fingerprint density at radius 3 is 2.65 bits per heavy atom. The fourth-order valence-electron chi connectivity index (χ4n) is 2.73. The zero-order valence-corrected chi connectivity index (χ0v) is 13.4. The number of hydrogen-bond donors (Lipinski definition) is 2. The maximum atomic E-state index is 12.1. The second-order valence-electron chi connectivity index (χ2n) is 5.68. The SMILES string of the molecule is CC(CC(=O)N[C@@H]1CCCC[C@H]1O)c1ccc(Br)cc1. The highest BCUT2D eigenvalue weighted by atomic mass is 79.9. The number of halogens is 1. The Hall–Kier alpha value is -0.870. The molecule has 20 heavy (non-hydrogen) atoms. The van der Waals surface area contributed by atoms with Gasteiger partial charge in [0.2, 0.25) is 5.91 Å². The second kappa shape index (κ2) is 7.23. The lowest BCUT2D eigenvalue weighted by molar-refractivity contribution is -0.123. The molecule has 1 aromatic carbocycles. The van der Waals surface area contributed by atoms with E-state index >= 15 is 0 Å². The third kappa shape index (κ3) is 4.32. The molecule has 1 aromatic rings. The van der Waals surface area contributed by atoms with Crippen LogP contribution in [0.15, 0.2) is 28.7 Å². The van der Waals surface area contributed by atoms with E-state index in [1.807, 2.05) is 24.3 Å². The van der Waals surface area contributed by atoms with E-state index in [9.17, 15) is 9.90 Å². The summed E-state index contributed by atoms with van der Waals surface area (Å²) in [6.07, 6.45) is 3.92. The summed E-state index contributed by atoms with van der Waals surface area (Å²) >= 11 is 3.41. The summed E-state index contributed by atoms with van der Waals surface area (Å²) in [7, 11) is 0. The predicted octanol–water partition coefficient (Wildman–Crippen LogP) is 3.36. The Bertz CT molecular complexity index is 446. The van der Waals surface area contributed by atoms with Crippen molar-refractivity contribution in [2.45, 2.75) is 57.1 Å². The second-order valence-corrected chi connectivity index (χ2v) is 6.60. The van der Waals surface area contributed by atoms with Gasteiger partial charge in [-0.1, -0.05) is 47.8 Å². The molecular weight excluding hydrogens is 318 g/mol. The molecule has 1 fully saturated rings. The molecule has 0 spiro atoms. The van der Waals surface area contributed by atoms with Crippen LogP contribution in [0.25, 0.3) is 0 Å². The van der Waals surface area contributed by atoms with Gasteiger partial charge < -0.3 is 10.4 Å². The molecular formula is C16H22BrNO2. The van der Waals surface area contributed by atoms with Gasteiger partial charge in [-0.05, 0) is 36.5 Å². The fourth-order valence-corrected chi connectivity index (χ4v) is 3.00. The molecule has 1 amide bonds. The van der Waals surface area contributed by atoms with Gasteiger partial charge in [0.1, 0.15) is 0 Å². The Morgan fingerprint density at radius 2 is 2.00 bits per heavy atom. The molecule has 1 saturated carbocycles. The minimum absolute atomic E-state index is 0.0337. The summed E-state index contributed by atoms with van der Waals surface area (Å²) in [6, 6.07) is 8.01. The van der Waals surface area contributed by atoms with Crippen LogP contribution in [0, 0.1) is 0 Å². The zero-order valence-electron chi connectivity index (χ0n) is 11.8. The summed E-state index contributed by atoms with van der Waals surface area (Å²) in [5.74, 6) is 0.218. The van der Waals surface area contributed by atoms with Crippen molar-refractivity contribution in [3.63, 3.8) is 0 Å². The van der Waals surface area contributed by atoms with Crippen LogP contribution in [-0.4, -0.2) is 23.2 Å². The summed E-state index contributed by atoms with van der Waals surface area (Å²) in [4.78, 5) is 12.1. The minimum Gasteiger partial charge on any atom is -0.391 e. The first-order valence-corrected chi connectivity index (χ1v) is 8.08. The number of hydrogen-bond acceptors (Lipinski definition) is 2. The maximum absolute atomic E-state index is 12.1. The summed E-state index contributed by atoms with van der Waals surface area (Å²) < 4.78 is 1.04. The van der Waals surface area contributed by atoms with Crippen LogP contribution >= 0.6 is 15.9 Å². The number of benzene rings is 1. The van der Waals surface area contributed by atoms with E-state index in [0.29, 0.717) is 6.42 Å². The minimum atomic E-state index is -0.379. The maximum Gasteiger partial charge on any atom is 0.220 e. The van der Waals surface area contributed by atoms with Crippen LogP contribution in [0.4, 0.5) is 0 Å². The molecule has 2 rings (SSSR count). The Kier molecular flexibility index (Phi) is 5.61. The van der Waals surface area contributed by atoms with Gasteiger partial charge in [0.15, 0.2) is 0 Å². The van der Waals surface area contributed by atoms with Gasteiger partial charge in [-0.15, -0.1) is 0 Å². The van der Waals surface area contributed by atoms with Crippen molar-refractivity contribution in [3.05, 3.63) is 34.3 Å². The van der Waals surface area contributed by atoms with Crippen molar-refractivity contribution in [1.29, 1.82) is 0 Å². The smallest absolute Gasteiger partial charge is 0.220 e. The molecule has 1 aliphatic rings. The van der Waals surface area contributed by atoms with E-state index < -0.39 is 0 Å². The van der Waals surface area contributed by atoms with Crippen LogP contribution in [-0.2, 0) is 4.79 Å². The lowest BCUT2D eigenvalue weighted by Crippen LogP contribution is -2.45. The van der Waals surface area contributed by atoms with E-state index in [-0.39, 0.29) is 24.0 Å². The van der Waals surface area contributed by atoms with Gasteiger partial charge in [0, 0.05) is 10.9 Å². The molecule has 0 bridgehead atoms. The lowest BCUT2D eigenvalue weighted by Gasteiger charge is -2.28. The van der Waals surface area contributed by atoms with Crippen LogP contribution in [0.3, 0.4) is 0 Å². The van der Waals surface area contributed by atoms with E-state index in [2.05, 4.69) is 28.2 Å². The molecule has 0 aromatic heterocycles. The first kappa shape index (κ1) is 15.5. The summed E-state index contributed by atoms with van der Waals surface area (Å²) in [5.41, 5.74) is 1.16. The number of amides is 1. The van der Waals surface area contributed by atoms with Crippen molar-refractivity contribution in [1.82, 2.24) is 5.32 Å². The molecule has 0 radical (unpaired) electrons. The van der Waals surface area contributed by atoms with Gasteiger partial charge in [-0.25, -0.2) is 0 Å². The number of rotatable bonds is 4. The fraction of sp³-hybridized carbons (Fsp3) is 0.562. The molecule has 0 aliphatic heterocycles. The number of nitrogens with one attached hydrogen (secondary N) is 1. The number of carbonyl (C=O) groups is 1. The van der Waals surface area contributed by atoms with E-state index in [1.165, 1.54) is 0 Å². The van der Waals surface area contributed by atoms with Gasteiger partial charge in [0.25, 0.3) is 0 Å². The number of carbonyl (C=O) groups excluding carboxylic acids is 1. The Labute approximate surface area is 128 Å². The highest BCUT2D eigenvalue weighted by Gasteiger charge is 2.24. The molecule has 1 unspecified atom stereocenters. The first-order chi connectivity index (χ1) is 9.56. The standard InChI is InChI=1S/C16H22BrNO2/c1-11(12-6-8-13(17)9-7-12)10-16(20)18-14-4-2-3-5-15(14)19/h6-9,11,14-15,19H,2-5,10H2,1H3,(H,18,20)/t11?,14-,15-/m1/s1. The van der Waals surface area contributed by atoms with Crippen molar-refractivity contribution in [2.24, 2.45) is 0 Å². The van der Waals surface area contributed by atoms with E-state index in [4.69, 9.17) is 0 Å². The van der Waals surface area contributed by atoms with Crippen molar-refractivity contribution in [3.8, 4) is 0 Å². The van der Waals surface area contributed by atoms with Crippen LogP contribution in [0.2, 0.25) is 0 Å². The summed E-state index contributed by atoms with van der Waals surface area (Å²) in [6.45, 7) is 2.06. The van der Waals surface area contributed by atoms with Crippen LogP contribution in [0.5, 0.6) is 0 Å². The molecule has 110 valence electrons. The highest BCUT2D eigenvalue weighted by molar-refractivity contribution is 9.10. The number of aliphatic hydroxyl groups excluding tert-OH is 1. The van der Waals surface area contributed by atoms with E-state index in [1.54, 1.807) is 0 Å². The van der Waals surface area contributed by atoms with Crippen LogP contribution < -0.4 is 5.32 Å². The third-order valence-corrected chi connectivity index (χ3v) is 4.54. The van der Waals surface area contributed by atoms with Crippen molar-refractivity contribution >= 4 is 21.8 Å². The normalized spacial score (nSPS) is 24.1. The summed E-state index contributed by atoms with van der Waals surface area (Å²) in [5, 5.41) is 12.9. The monoisotopic (exact) mass is 339 g/mol. The van der Waals surface area contributed by atoms with Crippen LogP contribution in [0.1, 0.15) is 50.5 Å². The molecule has 0 saturated heterocycles. The Balaban J connectivity index is 1.85. The average molecular weight is 340 g/mol. The van der Waals surface area contributed by atoms with Gasteiger partial charge in [0.05, 0.1) is 12.1 Å². The highest BCUT2D eigenvalue weighted by Crippen LogP contribution is 2.22. The van der Waals surface area contributed by atoms with Gasteiger partial charge >= 0.3 is 0 Å². The van der Waals surface area contributed by atoms with Gasteiger partial charge in [-0.3, -0.25) is 4.79 Å². The van der Waals surface area contributed by atoms with E-state index in [0.717, 1.165) is 35.7 Å². The third-order valence-electron chi connectivity index (χ3n) is 4.01. The molecule has 1 aliphatic carbocycles. The first-order valence-electron chi connectivity index (χ1n) is 7.29. The molecule has 4 heteroatoms. The quantitative estimate of drug-likeness (QED) is 0.883. The number of aliphatic hydroxyl groups is 1. The molecule has 3 nitrogen and oxygen atoms in total. The average Bonchev–Trinajstić information content (AvgIpc) is 2.42. The zero-order chi connectivity index (χ0) is 14.5. The van der Waals surface area contributed by atoms with Gasteiger partial charge in [-0.2, -0.15) is 0 Å². The molecule has 0 heterocycles. The predicted molar refractivity (Wildman–Crippen MR) is 83.6 cm³/mol. The van der Waals surface area contributed by atoms with Crippen molar-refractivity contribution in [2.75, 3.05) is 0 Å².